The van der Waals surface area contributed by atoms with E-state index in [0.717, 1.165) is 5.57 Å². The Kier molecular flexibility index (Phi) is 5.80. The SMILES string of the molecule is CC1=C(OCC(=O)C(C)(C)C)N2C(=O)[C@H](CC(=O)OC(C)(C)C)[C@@H]2SC1. The molecule has 0 N–H and O–H groups in total. The van der Waals surface area contributed by atoms with Crippen LogP contribution < -0.4 is 0 Å². The fourth-order valence-electron chi connectivity index (χ4n) is 2.70. The third-order valence-corrected chi connectivity index (χ3v) is 5.67. The number of thioether (sulfide) groups is 1. The molecule has 1 saturated heterocycles. The molecule has 1 amide bonds. The van der Waals surface area contributed by atoms with Crippen LogP contribution in [0, 0.1) is 11.3 Å². The summed E-state index contributed by atoms with van der Waals surface area (Å²) < 4.78 is 11.1. The van der Waals surface area contributed by atoms with E-state index in [-0.39, 0.29) is 36.1 Å². The third-order valence-electron chi connectivity index (χ3n) is 4.19. The van der Waals surface area contributed by atoms with Gasteiger partial charge in [0.1, 0.15) is 12.2 Å². The zero-order valence-corrected chi connectivity index (χ0v) is 17.5. The molecule has 0 aliphatic carbocycles. The van der Waals surface area contributed by atoms with E-state index in [1.807, 2.05) is 27.7 Å². The standard InChI is InChI=1S/C19H29NO5S/c1-11-10-26-17-12(8-14(22)25-19(5,6)7)15(23)20(17)16(11)24-9-13(21)18(2,3)4/h12,17H,8-10H2,1-7H3/t12-,17-/m0/s1. The van der Waals surface area contributed by atoms with Gasteiger partial charge in [-0.2, -0.15) is 0 Å². The van der Waals surface area contributed by atoms with Crippen LogP contribution in [0.25, 0.3) is 0 Å². The first-order valence-corrected chi connectivity index (χ1v) is 9.88. The molecule has 0 bridgehead atoms. The largest absolute Gasteiger partial charge is 0.471 e. The van der Waals surface area contributed by atoms with Crippen LogP contribution in [0.1, 0.15) is 54.9 Å². The zero-order chi connectivity index (χ0) is 19.9. The van der Waals surface area contributed by atoms with Gasteiger partial charge in [0.25, 0.3) is 0 Å². The number of β-lactam (4-membered cyclic amide) rings is 1. The van der Waals surface area contributed by atoms with Crippen molar-refractivity contribution in [3.05, 3.63) is 11.5 Å². The molecular formula is C19H29NO5S. The molecule has 0 unspecified atom stereocenters. The molecule has 26 heavy (non-hydrogen) atoms. The van der Waals surface area contributed by atoms with Gasteiger partial charge < -0.3 is 9.47 Å². The number of ether oxygens (including phenoxy) is 2. The van der Waals surface area contributed by atoms with Crippen molar-refractivity contribution in [2.24, 2.45) is 11.3 Å². The summed E-state index contributed by atoms with van der Waals surface area (Å²) in [7, 11) is 0. The Morgan fingerprint density at radius 3 is 2.35 bits per heavy atom. The molecule has 0 spiro atoms. The number of rotatable bonds is 5. The van der Waals surface area contributed by atoms with E-state index in [2.05, 4.69) is 0 Å². The number of hydrogen-bond acceptors (Lipinski definition) is 6. The molecule has 7 heteroatoms. The smallest absolute Gasteiger partial charge is 0.307 e. The van der Waals surface area contributed by atoms with Crippen molar-refractivity contribution in [1.82, 2.24) is 4.90 Å². The van der Waals surface area contributed by atoms with E-state index >= 15 is 0 Å². The van der Waals surface area contributed by atoms with Gasteiger partial charge in [-0.05, 0) is 33.3 Å². The number of Topliss-reactive ketones (excluding diaryl/α,β-unsaturated/α-hetero) is 1. The maximum Gasteiger partial charge on any atom is 0.307 e. The van der Waals surface area contributed by atoms with Crippen molar-refractivity contribution in [2.45, 2.75) is 65.9 Å². The molecule has 0 saturated carbocycles. The molecule has 6 nitrogen and oxygen atoms in total. The van der Waals surface area contributed by atoms with Crippen LogP contribution >= 0.6 is 11.8 Å². The third kappa shape index (κ3) is 4.61. The fourth-order valence-corrected chi connectivity index (χ4v) is 4.04. The van der Waals surface area contributed by atoms with Gasteiger partial charge in [0, 0.05) is 11.2 Å². The van der Waals surface area contributed by atoms with E-state index in [1.165, 1.54) is 0 Å². The van der Waals surface area contributed by atoms with Gasteiger partial charge in [0.05, 0.1) is 17.7 Å². The Hall–Kier alpha value is -1.50. The van der Waals surface area contributed by atoms with Crippen LogP contribution in [0.5, 0.6) is 0 Å². The predicted octanol–water partition coefficient (Wildman–Crippen LogP) is 3.11. The summed E-state index contributed by atoms with van der Waals surface area (Å²) in [6, 6.07) is 0. The van der Waals surface area contributed by atoms with Gasteiger partial charge in [0.2, 0.25) is 5.91 Å². The summed E-state index contributed by atoms with van der Waals surface area (Å²) >= 11 is 1.61. The maximum atomic E-state index is 12.6. The van der Waals surface area contributed by atoms with Gasteiger partial charge in [-0.3, -0.25) is 19.3 Å². The maximum absolute atomic E-state index is 12.6. The molecule has 2 heterocycles. The number of nitrogens with zero attached hydrogens (tertiary/aromatic N) is 1. The molecule has 0 aromatic carbocycles. The van der Waals surface area contributed by atoms with Gasteiger partial charge in [0.15, 0.2) is 11.7 Å². The van der Waals surface area contributed by atoms with Crippen molar-refractivity contribution >= 4 is 29.4 Å². The number of fused-ring (bicyclic) bond motifs is 1. The Morgan fingerprint density at radius 2 is 1.81 bits per heavy atom. The molecule has 2 aliphatic rings. The minimum Gasteiger partial charge on any atom is -0.471 e. The highest BCUT2D eigenvalue weighted by molar-refractivity contribution is 8.00. The lowest BCUT2D eigenvalue weighted by Gasteiger charge is -2.49. The van der Waals surface area contributed by atoms with E-state index < -0.39 is 16.9 Å². The van der Waals surface area contributed by atoms with E-state index in [9.17, 15) is 14.4 Å². The van der Waals surface area contributed by atoms with Crippen LogP contribution in [-0.4, -0.2) is 45.9 Å². The number of hydrogen-bond donors (Lipinski definition) is 0. The number of carbonyl (C=O) groups excluding carboxylic acids is 3. The fraction of sp³-hybridized carbons (Fsp3) is 0.737. The molecule has 2 atom stereocenters. The molecule has 0 aromatic rings. The second-order valence-corrected chi connectivity index (χ2v) is 9.96. The van der Waals surface area contributed by atoms with Crippen LogP contribution in [0.3, 0.4) is 0 Å². The summed E-state index contributed by atoms with van der Waals surface area (Å²) in [5, 5.41) is -0.140. The monoisotopic (exact) mass is 383 g/mol. The lowest BCUT2D eigenvalue weighted by Crippen LogP contribution is -2.61. The van der Waals surface area contributed by atoms with Crippen molar-refractivity contribution in [2.75, 3.05) is 12.4 Å². The van der Waals surface area contributed by atoms with Gasteiger partial charge in [-0.25, -0.2) is 0 Å². The Balaban J connectivity index is 2.02. The summed E-state index contributed by atoms with van der Waals surface area (Å²) in [5.41, 5.74) is -0.131. The van der Waals surface area contributed by atoms with E-state index in [4.69, 9.17) is 9.47 Å². The zero-order valence-electron chi connectivity index (χ0n) is 16.7. The quantitative estimate of drug-likeness (QED) is 0.536. The Labute approximate surface area is 159 Å². The van der Waals surface area contributed by atoms with E-state index in [0.29, 0.717) is 11.6 Å². The van der Waals surface area contributed by atoms with Gasteiger partial charge in [-0.1, -0.05) is 20.8 Å². The van der Waals surface area contributed by atoms with Gasteiger partial charge in [-0.15, -0.1) is 11.8 Å². The first-order valence-electron chi connectivity index (χ1n) is 8.83. The van der Waals surface area contributed by atoms with Crippen molar-refractivity contribution in [1.29, 1.82) is 0 Å². The van der Waals surface area contributed by atoms with E-state index in [1.54, 1.807) is 37.4 Å². The first kappa shape index (κ1) is 20.8. The van der Waals surface area contributed by atoms with Crippen molar-refractivity contribution in [3.63, 3.8) is 0 Å². The summed E-state index contributed by atoms with van der Waals surface area (Å²) in [5.74, 6) is 0.235. The lowest BCUT2D eigenvalue weighted by molar-refractivity contribution is -0.165. The Morgan fingerprint density at radius 1 is 1.19 bits per heavy atom. The normalized spacial score (nSPS) is 23.3. The second-order valence-electron chi connectivity index (χ2n) is 8.85. The average molecular weight is 384 g/mol. The van der Waals surface area contributed by atoms with Gasteiger partial charge >= 0.3 is 5.97 Å². The summed E-state index contributed by atoms with van der Waals surface area (Å²) in [6.45, 7) is 12.8. The molecule has 0 radical (unpaired) electrons. The number of esters is 1. The van der Waals surface area contributed by atoms with Crippen LogP contribution in [0.4, 0.5) is 0 Å². The van der Waals surface area contributed by atoms with Crippen LogP contribution in [0.2, 0.25) is 0 Å². The topological polar surface area (TPSA) is 72.9 Å². The summed E-state index contributed by atoms with van der Waals surface area (Å²) in [6.07, 6.45) is 0.0670. The predicted molar refractivity (Wildman–Crippen MR) is 100 cm³/mol. The van der Waals surface area contributed by atoms with Crippen molar-refractivity contribution < 1.29 is 23.9 Å². The molecule has 2 aliphatic heterocycles. The lowest BCUT2D eigenvalue weighted by atomic mass is 9.91. The number of ketones is 1. The Bertz CT molecular complexity index is 641. The second kappa shape index (κ2) is 7.25. The summed E-state index contributed by atoms with van der Waals surface area (Å²) in [4.78, 5) is 38.4. The minimum atomic E-state index is -0.568. The highest BCUT2D eigenvalue weighted by Crippen LogP contribution is 2.45. The minimum absolute atomic E-state index is 0.0224. The van der Waals surface area contributed by atoms with Crippen LogP contribution in [-0.2, 0) is 23.9 Å². The molecule has 2 rings (SSSR count). The van der Waals surface area contributed by atoms with Crippen molar-refractivity contribution in [3.8, 4) is 0 Å². The first-order chi connectivity index (χ1) is 11.8. The number of carbonyl (C=O) groups is 3. The average Bonchev–Trinajstić information content (AvgIpc) is 2.48. The molecule has 1 fully saturated rings. The number of amides is 1. The molecular weight excluding hydrogens is 354 g/mol. The highest BCUT2D eigenvalue weighted by atomic mass is 32.2. The molecule has 146 valence electrons. The highest BCUT2D eigenvalue weighted by Gasteiger charge is 2.53. The molecule has 0 aromatic heterocycles. The van der Waals surface area contributed by atoms with Crippen LogP contribution in [0.15, 0.2) is 11.5 Å².